The van der Waals surface area contributed by atoms with Gasteiger partial charge in [-0.15, -0.1) is 0 Å². The van der Waals surface area contributed by atoms with E-state index in [0.29, 0.717) is 5.69 Å². The number of halogens is 2. The second kappa shape index (κ2) is 3.34. The maximum Gasteiger partial charge on any atom is 0.154 e. The van der Waals surface area contributed by atoms with Crippen molar-refractivity contribution >= 4 is 23.2 Å². The molecular weight excluding hydrogens is 187 g/mol. The van der Waals surface area contributed by atoms with Crippen LogP contribution in [0.4, 0.5) is 0 Å². The van der Waals surface area contributed by atoms with Crippen LogP contribution in [0.2, 0.25) is 10.3 Å². The number of aliphatic hydroxyl groups excluding tert-OH is 1. The van der Waals surface area contributed by atoms with E-state index in [1.54, 1.807) is 6.92 Å². The van der Waals surface area contributed by atoms with Gasteiger partial charge in [-0.1, -0.05) is 23.2 Å². The third kappa shape index (κ3) is 2.02. The normalized spacial score (nSPS) is 13.1. The first-order valence-corrected chi connectivity index (χ1v) is 3.73. The first-order valence-electron chi connectivity index (χ1n) is 2.97. The van der Waals surface area contributed by atoms with Crippen LogP contribution in [-0.2, 0) is 0 Å². The average Bonchev–Trinajstić information content (AvgIpc) is 1.85. The lowest BCUT2D eigenvalue weighted by Crippen LogP contribution is -1.98. The highest BCUT2D eigenvalue weighted by atomic mass is 35.5. The topological polar surface area (TPSA) is 46.0 Å². The van der Waals surface area contributed by atoms with Gasteiger partial charge in [0.2, 0.25) is 0 Å². The number of rotatable bonds is 1. The minimum Gasteiger partial charge on any atom is -0.387 e. The van der Waals surface area contributed by atoms with Gasteiger partial charge in [0.05, 0.1) is 12.3 Å². The zero-order valence-electron chi connectivity index (χ0n) is 5.75. The van der Waals surface area contributed by atoms with Gasteiger partial charge in [0.1, 0.15) is 10.8 Å². The van der Waals surface area contributed by atoms with Gasteiger partial charge in [-0.05, 0) is 6.92 Å². The summed E-state index contributed by atoms with van der Waals surface area (Å²) in [7, 11) is 0. The Balaban J connectivity index is 3.09. The van der Waals surface area contributed by atoms with Crippen LogP contribution in [-0.4, -0.2) is 15.1 Å². The predicted molar refractivity (Wildman–Crippen MR) is 42.7 cm³/mol. The molecular formula is C6H6Cl2N2O. The summed E-state index contributed by atoms with van der Waals surface area (Å²) in [6.07, 6.45) is 0.627. The van der Waals surface area contributed by atoms with Gasteiger partial charge in [-0.3, -0.25) is 4.98 Å². The van der Waals surface area contributed by atoms with Gasteiger partial charge in [0.25, 0.3) is 0 Å². The molecule has 0 fully saturated rings. The van der Waals surface area contributed by atoms with Crippen LogP contribution < -0.4 is 0 Å². The lowest BCUT2D eigenvalue weighted by molar-refractivity contribution is 0.194. The molecule has 1 rings (SSSR count). The van der Waals surface area contributed by atoms with Crippen molar-refractivity contribution in [1.29, 1.82) is 0 Å². The fourth-order valence-electron chi connectivity index (χ4n) is 0.636. The summed E-state index contributed by atoms with van der Waals surface area (Å²) in [4.78, 5) is 7.50. The van der Waals surface area contributed by atoms with Crippen molar-refractivity contribution in [1.82, 2.24) is 9.97 Å². The van der Waals surface area contributed by atoms with Crippen molar-refractivity contribution in [2.45, 2.75) is 13.0 Å². The Kier molecular flexibility index (Phi) is 2.65. The fourth-order valence-corrected chi connectivity index (χ4v) is 1.11. The molecule has 0 saturated carbocycles. The lowest BCUT2D eigenvalue weighted by Gasteiger charge is -2.03. The molecule has 0 amide bonds. The van der Waals surface area contributed by atoms with Crippen molar-refractivity contribution < 1.29 is 5.11 Å². The number of aromatic nitrogens is 2. The zero-order chi connectivity index (χ0) is 8.43. The summed E-state index contributed by atoms with van der Waals surface area (Å²) in [5, 5.41) is 9.43. The second-order valence-corrected chi connectivity index (χ2v) is 2.79. The van der Waals surface area contributed by atoms with Crippen molar-refractivity contribution in [3.63, 3.8) is 0 Å². The van der Waals surface area contributed by atoms with Crippen LogP contribution in [0.3, 0.4) is 0 Å². The van der Waals surface area contributed by atoms with Crippen LogP contribution in [0.25, 0.3) is 0 Å². The van der Waals surface area contributed by atoms with Crippen molar-refractivity contribution in [2.75, 3.05) is 0 Å². The Bertz CT molecular complexity index is 265. The van der Waals surface area contributed by atoms with Crippen molar-refractivity contribution in [2.24, 2.45) is 0 Å². The molecule has 11 heavy (non-hydrogen) atoms. The van der Waals surface area contributed by atoms with E-state index < -0.39 is 6.10 Å². The predicted octanol–water partition coefficient (Wildman–Crippen LogP) is 1.84. The van der Waals surface area contributed by atoms with Crippen molar-refractivity contribution in [3.8, 4) is 0 Å². The van der Waals surface area contributed by atoms with Gasteiger partial charge in [0.15, 0.2) is 5.15 Å². The van der Waals surface area contributed by atoms with E-state index in [9.17, 15) is 0 Å². The third-order valence-corrected chi connectivity index (χ3v) is 1.58. The molecule has 5 heteroatoms. The first kappa shape index (κ1) is 8.71. The molecule has 1 aromatic heterocycles. The molecule has 0 aromatic carbocycles. The number of hydrogen-bond acceptors (Lipinski definition) is 3. The molecule has 0 saturated heterocycles. The first-order chi connectivity index (χ1) is 5.11. The van der Waals surface area contributed by atoms with E-state index in [1.807, 2.05) is 0 Å². The summed E-state index contributed by atoms with van der Waals surface area (Å²) in [6, 6.07) is 0. The monoisotopic (exact) mass is 192 g/mol. The van der Waals surface area contributed by atoms with Gasteiger partial charge in [-0.25, -0.2) is 4.98 Å². The molecule has 3 nitrogen and oxygen atoms in total. The van der Waals surface area contributed by atoms with Gasteiger partial charge >= 0.3 is 0 Å². The van der Waals surface area contributed by atoms with Crippen LogP contribution >= 0.6 is 23.2 Å². The van der Waals surface area contributed by atoms with E-state index in [1.165, 1.54) is 6.20 Å². The smallest absolute Gasteiger partial charge is 0.154 e. The minimum absolute atomic E-state index is 0.146. The summed E-state index contributed by atoms with van der Waals surface area (Å²) < 4.78 is 0. The maximum atomic E-state index is 9.07. The molecule has 1 heterocycles. The Morgan fingerprint density at radius 3 is 2.64 bits per heavy atom. The summed E-state index contributed by atoms with van der Waals surface area (Å²) >= 11 is 11.1. The number of nitrogens with zero attached hydrogens (tertiary/aromatic N) is 2. The molecule has 0 unspecified atom stereocenters. The highest BCUT2D eigenvalue weighted by Gasteiger charge is 2.08. The summed E-state index contributed by atoms with van der Waals surface area (Å²) in [5.74, 6) is 0. The van der Waals surface area contributed by atoms with E-state index in [0.717, 1.165) is 0 Å². The molecule has 1 aromatic rings. The highest BCUT2D eigenvalue weighted by Crippen LogP contribution is 2.19. The van der Waals surface area contributed by atoms with E-state index >= 15 is 0 Å². The van der Waals surface area contributed by atoms with E-state index in [-0.39, 0.29) is 10.3 Å². The molecule has 0 bridgehead atoms. The molecule has 1 N–H and O–H groups in total. The number of hydrogen-bond donors (Lipinski definition) is 1. The second-order valence-electron chi connectivity index (χ2n) is 2.04. The Labute approximate surface area is 74.0 Å². The molecule has 0 aliphatic rings. The molecule has 0 aliphatic heterocycles. The van der Waals surface area contributed by atoms with Gasteiger partial charge in [-0.2, -0.15) is 0 Å². The fraction of sp³-hybridized carbons (Fsp3) is 0.333. The van der Waals surface area contributed by atoms with Crippen LogP contribution in [0, 0.1) is 0 Å². The van der Waals surface area contributed by atoms with E-state index in [2.05, 4.69) is 9.97 Å². The zero-order valence-corrected chi connectivity index (χ0v) is 7.26. The molecule has 60 valence electrons. The molecule has 0 radical (unpaired) electrons. The largest absolute Gasteiger partial charge is 0.387 e. The summed E-state index contributed by atoms with van der Waals surface area (Å²) in [5.41, 5.74) is 0.344. The average molecular weight is 193 g/mol. The van der Waals surface area contributed by atoms with Crippen LogP contribution in [0.5, 0.6) is 0 Å². The SMILES string of the molecule is C[C@@H](O)c1ncc(Cl)nc1Cl. The van der Waals surface area contributed by atoms with Gasteiger partial charge < -0.3 is 5.11 Å². The third-order valence-electron chi connectivity index (χ3n) is 1.12. The Hall–Kier alpha value is -0.380. The Morgan fingerprint density at radius 2 is 2.18 bits per heavy atom. The molecule has 0 aliphatic carbocycles. The van der Waals surface area contributed by atoms with Gasteiger partial charge in [0, 0.05) is 0 Å². The minimum atomic E-state index is -0.715. The lowest BCUT2D eigenvalue weighted by atomic mass is 10.3. The Morgan fingerprint density at radius 1 is 1.55 bits per heavy atom. The molecule has 1 atom stereocenters. The highest BCUT2D eigenvalue weighted by molar-refractivity contribution is 6.32. The maximum absolute atomic E-state index is 9.07. The summed E-state index contributed by atoms with van der Waals surface area (Å²) in [6.45, 7) is 1.56. The van der Waals surface area contributed by atoms with Crippen molar-refractivity contribution in [3.05, 3.63) is 22.2 Å². The number of aliphatic hydroxyl groups is 1. The standard InChI is InChI=1S/C6H6Cl2N2O/c1-3(11)5-6(8)10-4(7)2-9-5/h2-3,11H,1H3/t3-/m1/s1. The quantitative estimate of drug-likeness (QED) is 0.739. The van der Waals surface area contributed by atoms with E-state index in [4.69, 9.17) is 28.3 Å². The van der Waals surface area contributed by atoms with Crippen LogP contribution in [0.1, 0.15) is 18.7 Å². The van der Waals surface area contributed by atoms with Crippen LogP contribution in [0.15, 0.2) is 6.20 Å². The molecule has 0 spiro atoms.